The van der Waals surface area contributed by atoms with Crippen molar-refractivity contribution in [2.24, 2.45) is 5.41 Å². The smallest absolute Gasteiger partial charge is 0.230 e. The molecule has 0 aromatic heterocycles. The second-order valence-electron chi connectivity index (χ2n) is 5.48. The van der Waals surface area contributed by atoms with Crippen LogP contribution in [0.1, 0.15) is 39.5 Å². The zero-order chi connectivity index (χ0) is 13.9. The molecule has 1 aliphatic carbocycles. The van der Waals surface area contributed by atoms with Gasteiger partial charge in [-0.3, -0.25) is 9.59 Å². The Bertz CT molecular complexity index is 473. The Morgan fingerprint density at radius 3 is 1.95 bits per heavy atom. The molecule has 4 heteroatoms. The summed E-state index contributed by atoms with van der Waals surface area (Å²) in [5, 5.41) is 5.65. The third-order valence-electron chi connectivity index (χ3n) is 3.72. The molecule has 0 bridgehead atoms. The predicted octanol–water partition coefficient (Wildman–Crippen LogP) is 3.16. The van der Waals surface area contributed by atoms with Crippen LogP contribution >= 0.6 is 0 Å². The van der Waals surface area contributed by atoms with Gasteiger partial charge in [0.15, 0.2) is 0 Å². The zero-order valence-corrected chi connectivity index (χ0v) is 11.5. The Labute approximate surface area is 113 Å². The summed E-state index contributed by atoms with van der Waals surface area (Å²) in [6.07, 6.45) is 4.18. The van der Waals surface area contributed by atoms with Gasteiger partial charge in [0.1, 0.15) is 0 Å². The van der Waals surface area contributed by atoms with Gasteiger partial charge in [-0.25, -0.2) is 0 Å². The van der Waals surface area contributed by atoms with Crippen LogP contribution in [0.15, 0.2) is 24.3 Å². The third-order valence-corrected chi connectivity index (χ3v) is 3.72. The number of carbonyl (C=O) groups is 2. The fourth-order valence-electron chi connectivity index (χ4n) is 2.50. The summed E-state index contributed by atoms with van der Waals surface area (Å²) in [6.45, 7) is 3.50. The number of carbonyl (C=O) groups excluding carboxylic acids is 2. The minimum absolute atomic E-state index is 0.0947. The molecular formula is C15H20N2O2. The summed E-state index contributed by atoms with van der Waals surface area (Å²) in [4.78, 5) is 23.1. The van der Waals surface area contributed by atoms with Crippen LogP contribution in [0.5, 0.6) is 0 Å². The van der Waals surface area contributed by atoms with Gasteiger partial charge in [-0.2, -0.15) is 0 Å². The maximum atomic E-state index is 12.2. The zero-order valence-electron chi connectivity index (χ0n) is 11.5. The topological polar surface area (TPSA) is 58.2 Å². The molecule has 102 valence electrons. The van der Waals surface area contributed by atoms with Crippen LogP contribution in [-0.4, -0.2) is 11.8 Å². The second-order valence-corrected chi connectivity index (χ2v) is 5.48. The standard InChI is InChI=1S/C15H20N2O2/c1-11(18)16-12-5-7-13(8-6-12)17-14(19)15(2)9-3-4-10-15/h5-8H,3-4,9-10H2,1-2H3,(H,16,18)(H,17,19). The highest BCUT2D eigenvalue weighted by Gasteiger charge is 2.36. The Balaban J connectivity index is 1.99. The van der Waals surface area contributed by atoms with Crippen molar-refractivity contribution in [3.05, 3.63) is 24.3 Å². The largest absolute Gasteiger partial charge is 0.326 e. The molecule has 4 nitrogen and oxygen atoms in total. The van der Waals surface area contributed by atoms with E-state index in [1.54, 1.807) is 12.1 Å². The summed E-state index contributed by atoms with van der Waals surface area (Å²) in [5.74, 6) is -0.00692. The number of benzene rings is 1. The van der Waals surface area contributed by atoms with Crippen molar-refractivity contribution >= 4 is 23.2 Å². The summed E-state index contributed by atoms with van der Waals surface area (Å²) >= 11 is 0. The molecule has 0 spiro atoms. The maximum Gasteiger partial charge on any atom is 0.230 e. The van der Waals surface area contributed by atoms with Crippen molar-refractivity contribution in [1.29, 1.82) is 0 Å². The van der Waals surface area contributed by atoms with Gasteiger partial charge < -0.3 is 10.6 Å². The first-order chi connectivity index (χ1) is 8.99. The van der Waals surface area contributed by atoms with E-state index in [9.17, 15) is 9.59 Å². The van der Waals surface area contributed by atoms with E-state index in [-0.39, 0.29) is 17.2 Å². The van der Waals surface area contributed by atoms with E-state index in [2.05, 4.69) is 10.6 Å². The first kappa shape index (κ1) is 13.6. The van der Waals surface area contributed by atoms with E-state index in [1.807, 2.05) is 19.1 Å². The highest BCUT2D eigenvalue weighted by Crippen LogP contribution is 2.38. The van der Waals surface area contributed by atoms with Crippen LogP contribution in [0.3, 0.4) is 0 Å². The van der Waals surface area contributed by atoms with E-state index in [4.69, 9.17) is 0 Å². The quantitative estimate of drug-likeness (QED) is 0.877. The van der Waals surface area contributed by atoms with Crippen LogP contribution in [-0.2, 0) is 9.59 Å². The van der Waals surface area contributed by atoms with E-state index < -0.39 is 0 Å². The molecular weight excluding hydrogens is 240 g/mol. The molecule has 2 amide bonds. The van der Waals surface area contributed by atoms with Gasteiger partial charge in [-0.15, -0.1) is 0 Å². The minimum atomic E-state index is -0.226. The minimum Gasteiger partial charge on any atom is -0.326 e. The van der Waals surface area contributed by atoms with Gasteiger partial charge in [0.25, 0.3) is 0 Å². The molecule has 0 unspecified atom stereocenters. The van der Waals surface area contributed by atoms with Crippen molar-refractivity contribution in [1.82, 2.24) is 0 Å². The molecule has 0 heterocycles. The number of hydrogen-bond donors (Lipinski definition) is 2. The van der Waals surface area contributed by atoms with Crippen molar-refractivity contribution in [2.75, 3.05) is 10.6 Å². The summed E-state index contributed by atoms with van der Waals surface area (Å²) in [5.41, 5.74) is 1.28. The van der Waals surface area contributed by atoms with Crippen molar-refractivity contribution in [2.45, 2.75) is 39.5 Å². The van der Waals surface area contributed by atoms with Crippen LogP contribution in [0.2, 0.25) is 0 Å². The highest BCUT2D eigenvalue weighted by molar-refractivity contribution is 5.95. The van der Waals surface area contributed by atoms with Gasteiger partial charge in [-0.1, -0.05) is 19.8 Å². The van der Waals surface area contributed by atoms with E-state index >= 15 is 0 Å². The Morgan fingerprint density at radius 2 is 1.47 bits per heavy atom. The molecule has 1 aliphatic rings. The Kier molecular flexibility index (Phi) is 3.88. The summed E-state index contributed by atoms with van der Waals surface area (Å²) in [6, 6.07) is 7.19. The van der Waals surface area contributed by atoms with Gasteiger partial charge in [0, 0.05) is 23.7 Å². The fourth-order valence-corrected chi connectivity index (χ4v) is 2.50. The molecule has 1 fully saturated rings. The van der Waals surface area contributed by atoms with Gasteiger partial charge in [-0.05, 0) is 37.1 Å². The molecule has 1 saturated carbocycles. The van der Waals surface area contributed by atoms with E-state index in [0.717, 1.165) is 37.1 Å². The highest BCUT2D eigenvalue weighted by atomic mass is 16.2. The molecule has 0 aliphatic heterocycles. The molecule has 0 saturated heterocycles. The molecule has 2 rings (SSSR count). The summed E-state index contributed by atoms with van der Waals surface area (Å²) < 4.78 is 0. The molecule has 0 atom stereocenters. The number of rotatable bonds is 3. The molecule has 2 N–H and O–H groups in total. The molecule has 0 radical (unpaired) electrons. The maximum absolute atomic E-state index is 12.2. The fraction of sp³-hybridized carbons (Fsp3) is 0.467. The van der Waals surface area contributed by atoms with Crippen molar-refractivity contribution < 1.29 is 9.59 Å². The van der Waals surface area contributed by atoms with E-state index in [1.165, 1.54) is 6.92 Å². The average Bonchev–Trinajstić information content (AvgIpc) is 2.79. The average molecular weight is 260 g/mol. The number of anilines is 2. The van der Waals surface area contributed by atoms with Gasteiger partial charge in [0.2, 0.25) is 11.8 Å². The van der Waals surface area contributed by atoms with Gasteiger partial charge >= 0.3 is 0 Å². The molecule has 1 aromatic carbocycles. The number of amides is 2. The number of hydrogen-bond acceptors (Lipinski definition) is 2. The number of nitrogens with one attached hydrogen (secondary N) is 2. The molecule has 1 aromatic rings. The summed E-state index contributed by atoms with van der Waals surface area (Å²) in [7, 11) is 0. The lowest BCUT2D eigenvalue weighted by atomic mass is 9.88. The van der Waals surface area contributed by atoms with Crippen LogP contribution in [0, 0.1) is 5.41 Å². The normalized spacial score (nSPS) is 16.9. The van der Waals surface area contributed by atoms with Crippen LogP contribution in [0.4, 0.5) is 11.4 Å². The van der Waals surface area contributed by atoms with Crippen molar-refractivity contribution in [3.8, 4) is 0 Å². The third kappa shape index (κ3) is 3.34. The lowest BCUT2D eigenvalue weighted by Gasteiger charge is -2.22. The van der Waals surface area contributed by atoms with Crippen molar-refractivity contribution in [3.63, 3.8) is 0 Å². The SMILES string of the molecule is CC(=O)Nc1ccc(NC(=O)C2(C)CCCC2)cc1. The van der Waals surface area contributed by atoms with E-state index in [0.29, 0.717) is 0 Å². The monoisotopic (exact) mass is 260 g/mol. The van der Waals surface area contributed by atoms with Crippen LogP contribution < -0.4 is 10.6 Å². The van der Waals surface area contributed by atoms with Gasteiger partial charge in [0.05, 0.1) is 0 Å². The first-order valence-electron chi connectivity index (χ1n) is 6.69. The lowest BCUT2D eigenvalue weighted by Crippen LogP contribution is -2.30. The Hall–Kier alpha value is -1.84. The lowest BCUT2D eigenvalue weighted by molar-refractivity contribution is -0.124. The Morgan fingerprint density at radius 1 is 1.00 bits per heavy atom. The predicted molar refractivity (Wildman–Crippen MR) is 76.0 cm³/mol. The first-order valence-corrected chi connectivity index (χ1v) is 6.69. The molecule has 19 heavy (non-hydrogen) atoms. The second kappa shape index (κ2) is 5.43. The van der Waals surface area contributed by atoms with Crippen LogP contribution in [0.25, 0.3) is 0 Å².